The monoisotopic (exact) mass is 242 g/mol. The van der Waals surface area contributed by atoms with Crippen molar-refractivity contribution in [2.75, 3.05) is 0 Å². The third-order valence-corrected chi connectivity index (χ3v) is 8.00. The molecule has 0 saturated heterocycles. The van der Waals surface area contributed by atoms with Gasteiger partial charge < -0.3 is 0 Å². The molecule has 6 bridgehead atoms. The minimum atomic E-state index is 0.676. The van der Waals surface area contributed by atoms with Gasteiger partial charge in [-0.05, 0) is 85.9 Å². The Bertz CT molecular complexity index is 372. The molecule has 5 fully saturated rings. The molecule has 5 aliphatic carbocycles. The van der Waals surface area contributed by atoms with Crippen LogP contribution in [0.2, 0.25) is 0 Å². The van der Waals surface area contributed by atoms with Gasteiger partial charge in [-0.25, -0.2) is 0 Å². The van der Waals surface area contributed by atoms with Crippen molar-refractivity contribution in [1.29, 1.82) is 0 Å². The molecule has 0 aromatic heterocycles. The van der Waals surface area contributed by atoms with E-state index in [0.29, 0.717) is 12.1 Å². The normalized spacial score (nSPS) is 69.8. The topological polar surface area (TPSA) is 24.7 Å². The van der Waals surface area contributed by atoms with Gasteiger partial charge >= 0.3 is 0 Å². The molecule has 2 heterocycles. The third-order valence-electron chi connectivity index (χ3n) is 8.00. The minimum Gasteiger partial charge on any atom is -0.190 e. The fourth-order valence-corrected chi connectivity index (χ4v) is 7.76. The van der Waals surface area contributed by atoms with Crippen LogP contribution in [0.3, 0.4) is 0 Å². The quantitative estimate of drug-likeness (QED) is 0.621. The Morgan fingerprint density at radius 1 is 0.500 bits per heavy atom. The zero-order chi connectivity index (χ0) is 11.4. The van der Waals surface area contributed by atoms with Crippen molar-refractivity contribution in [3.05, 3.63) is 0 Å². The van der Waals surface area contributed by atoms with Gasteiger partial charge in [-0.2, -0.15) is 10.2 Å². The highest BCUT2D eigenvalue weighted by Gasteiger charge is 2.67. The van der Waals surface area contributed by atoms with Crippen LogP contribution < -0.4 is 0 Å². The van der Waals surface area contributed by atoms with E-state index in [1.807, 2.05) is 0 Å². The van der Waals surface area contributed by atoms with Crippen molar-refractivity contribution in [1.82, 2.24) is 0 Å². The molecule has 0 N–H and O–H groups in total. The molecule has 18 heavy (non-hydrogen) atoms. The largest absolute Gasteiger partial charge is 0.190 e. The summed E-state index contributed by atoms with van der Waals surface area (Å²) in [6.07, 6.45) is 9.18. The zero-order valence-electron chi connectivity index (χ0n) is 10.9. The molecule has 2 nitrogen and oxygen atoms in total. The lowest BCUT2D eigenvalue weighted by Gasteiger charge is -2.54. The Kier molecular flexibility index (Phi) is 1.51. The molecular formula is C16H22N2. The van der Waals surface area contributed by atoms with E-state index in [1.54, 1.807) is 12.8 Å². The molecule has 7 rings (SSSR count). The lowest BCUT2D eigenvalue weighted by atomic mass is 9.54. The van der Waals surface area contributed by atoms with E-state index in [-0.39, 0.29) is 0 Å². The van der Waals surface area contributed by atoms with Crippen molar-refractivity contribution < 1.29 is 0 Å². The molecule has 0 spiro atoms. The van der Waals surface area contributed by atoms with Gasteiger partial charge in [-0.15, -0.1) is 0 Å². The van der Waals surface area contributed by atoms with Gasteiger partial charge in [-0.3, -0.25) is 0 Å². The number of hydrogen-bond acceptors (Lipinski definition) is 2. The van der Waals surface area contributed by atoms with Gasteiger partial charge in [-0.1, -0.05) is 0 Å². The summed E-state index contributed by atoms with van der Waals surface area (Å²) in [5.41, 5.74) is 0. The van der Waals surface area contributed by atoms with Crippen molar-refractivity contribution >= 4 is 0 Å². The fourth-order valence-electron chi connectivity index (χ4n) is 7.76. The fraction of sp³-hybridized carbons (Fsp3) is 1.00. The summed E-state index contributed by atoms with van der Waals surface area (Å²) in [7, 11) is 0. The molecule has 0 aromatic rings. The van der Waals surface area contributed by atoms with E-state index in [4.69, 9.17) is 10.2 Å². The lowest BCUT2D eigenvalue weighted by molar-refractivity contribution is -0.0297. The van der Waals surface area contributed by atoms with E-state index >= 15 is 0 Å². The number of rotatable bonds is 0. The summed E-state index contributed by atoms with van der Waals surface area (Å²) in [5.74, 6) is 8.11. The SMILES string of the molecule is C1C[C@@H]2C[C@@H]1[C@H]1C3N=NC([C@H]21)[C@H]1[C@H]2CC[C@H](C2)[C@@H]31. The van der Waals surface area contributed by atoms with E-state index in [0.717, 1.165) is 47.3 Å². The molecule has 0 radical (unpaired) electrons. The average Bonchev–Trinajstić information content (AvgIpc) is 3.19. The van der Waals surface area contributed by atoms with Crippen molar-refractivity contribution in [3.63, 3.8) is 0 Å². The first-order valence-electron chi connectivity index (χ1n) is 8.32. The third kappa shape index (κ3) is 0.849. The van der Waals surface area contributed by atoms with Gasteiger partial charge in [0.25, 0.3) is 0 Å². The summed E-state index contributed by atoms with van der Waals surface area (Å²) >= 11 is 0. The number of nitrogens with zero attached hydrogens (tertiary/aromatic N) is 2. The van der Waals surface area contributed by atoms with Gasteiger partial charge in [0, 0.05) is 0 Å². The van der Waals surface area contributed by atoms with Crippen LogP contribution in [0.4, 0.5) is 0 Å². The lowest BCUT2D eigenvalue weighted by Crippen LogP contribution is -2.57. The smallest absolute Gasteiger partial charge is 0.0776 e. The molecule has 0 amide bonds. The average molecular weight is 242 g/mol. The number of hydrogen-bond donors (Lipinski definition) is 0. The van der Waals surface area contributed by atoms with Crippen LogP contribution in [0.25, 0.3) is 0 Å². The highest BCUT2D eigenvalue weighted by atomic mass is 15.2. The second-order valence-electron chi connectivity index (χ2n) is 8.19. The van der Waals surface area contributed by atoms with Gasteiger partial charge in [0.2, 0.25) is 0 Å². The van der Waals surface area contributed by atoms with Crippen LogP contribution in [-0.2, 0) is 0 Å². The van der Waals surface area contributed by atoms with E-state index in [1.165, 1.54) is 25.7 Å². The Hall–Kier alpha value is -0.400. The highest BCUT2D eigenvalue weighted by Crippen LogP contribution is 2.69. The number of fused-ring (bicyclic) bond motifs is 4. The van der Waals surface area contributed by atoms with Crippen LogP contribution in [-0.4, -0.2) is 12.1 Å². The maximum atomic E-state index is 4.85. The van der Waals surface area contributed by atoms with E-state index in [2.05, 4.69) is 0 Å². The van der Waals surface area contributed by atoms with Gasteiger partial charge in [0.05, 0.1) is 12.1 Å². The van der Waals surface area contributed by atoms with Gasteiger partial charge in [0.15, 0.2) is 0 Å². The molecular weight excluding hydrogens is 220 g/mol. The van der Waals surface area contributed by atoms with Crippen LogP contribution in [0.5, 0.6) is 0 Å². The first kappa shape index (κ1) is 9.50. The van der Waals surface area contributed by atoms with Crippen molar-refractivity contribution in [2.24, 2.45) is 57.6 Å². The van der Waals surface area contributed by atoms with E-state index < -0.39 is 0 Å². The summed E-state index contributed by atoms with van der Waals surface area (Å²) in [5, 5.41) is 9.69. The van der Waals surface area contributed by atoms with Crippen molar-refractivity contribution in [2.45, 2.75) is 50.6 Å². The van der Waals surface area contributed by atoms with E-state index in [9.17, 15) is 0 Å². The first-order chi connectivity index (χ1) is 8.92. The first-order valence-corrected chi connectivity index (χ1v) is 8.32. The Morgan fingerprint density at radius 2 is 0.833 bits per heavy atom. The maximum Gasteiger partial charge on any atom is 0.0776 e. The molecule has 2 aliphatic heterocycles. The molecule has 2 unspecified atom stereocenters. The highest BCUT2D eigenvalue weighted by molar-refractivity contribution is 5.19. The molecule has 7 aliphatic rings. The Balaban J connectivity index is 1.51. The summed E-state index contributed by atoms with van der Waals surface area (Å²) in [4.78, 5) is 0. The predicted octanol–water partition coefficient (Wildman–Crippen LogP) is 3.53. The Labute approximate surface area is 109 Å². The van der Waals surface area contributed by atoms with Crippen LogP contribution in [0.1, 0.15) is 38.5 Å². The number of azo groups is 1. The molecule has 5 saturated carbocycles. The van der Waals surface area contributed by atoms with Crippen molar-refractivity contribution in [3.8, 4) is 0 Å². The molecule has 96 valence electrons. The Morgan fingerprint density at radius 3 is 1.17 bits per heavy atom. The minimum absolute atomic E-state index is 0.676. The maximum absolute atomic E-state index is 4.85. The second-order valence-corrected chi connectivity index (χ2v) is 8.19. The summed E-state index contributed by atoms with van der Waals surface area (Å²) in [6.45, 7) is 0. The van der Waals surface area contributed by atoms with Gasteiger partial charge in [0.1, 0.15) is 0 Å². The molecule has 10 atom stereocenters. The van der Waals surface area contributed by atoms with Crippen LogP contribution >= 0.6 is 0 Å². The molecule has 0 aromatic carbocycles. The standard InChI is InChI=1S/C16H22N2/c1-2-8-5-7(1)11-12(8)16-14-10-4-3-9(6-10)13(14)15(11)17-18-16/h7-16H,1-6H2/t7-,8-,9-,10+,11-,12-,13-,14+,15?,16?/m1/s1. The second kappa shape index (κ2) is 2.86. The van der Waals surface area contributed by atoms with Crippen LogP contribution in [0.15, 0.2) is 10.2 Å². The van der Waals surface area contributed by atoms with Crippen LogP contribution in [0, 0.1) is 47.3 Å². The zero-order valence-corrected chi connectivity index (χ0v) is 10.9. The predicted molar refractivity (Wildman–Crippen MR) is 68.1 cm³/mol. The molecule has 2 heteroatoms. The summed E-state index contributed by atoms with van der Waals surface area (Å²) in [6, 6.07) is 1.35. The summed E-state index contributed by atoms with van der Waals surface area (Å²) < 4.78 is 0.